The summed E-state index contributed by atoms with van der Waals surface area (Å²) >= 11 is 0. The van der Waals surface area contributed by atoms with Crippen molar-refractivity contribution in [2.24, 2.45) is 13.0 Å². The highest BCUT2D eigenvalue weighted by Crippen LogP contribution is 2.41. The van der Waals surface area contributed by atoms with Gasteiger partial charge in [0.15, 0.2) is 0 Å². The minimum absolute atomic E-state index is 0.420. The summed E-state index contributed by atoms with van der Waals surface area (Å²) < 4.78 is 7.52. The van der Waals surface area contributed by atoms with E-state index in [4.69, 9.17) is 4.74 Å². The predicted molar refractivity (Wildman–Crippen MR) is 82.8 cm³/mol. The number of carbonyl (C=O) groups is 1. The minimum atomic E-state index is -0.811. The number of aromatic nitrogens is 3. The number of hydrogen-bond acceptors (Lipinski definition) is 4. The van der Waals surface area contributed by atoms with Gasteiger partial charge in [-0.2, -0.15) is 5.10 Å². The van der Waals surface area contributed by atoms with Crippen LogP contribution in [0.15, 0.2) is 24.5 Å². The third-order valence-corrected chi connectivity index (χ3v) is 4.69. The minimum Gasteiger partial charge on any atom is -0.481 e. The molecule has 0 radical (unpaired) electrons. The molecule has 1 aliphatic heterocycles. The van der Waals surface area contributed by atoms with E-state index in [0.29, 0.717) is 18.9 Å². The van der Waals surface area contributed by atoms with Gasteiger partial charge in [0.1, 0.15) is 0 Å². The van der Waals surface area contributed by atoms with Crippen molar-refractivity contribution in [3.8, 4) is 11.3 Å². The molecule has 4 rings (SSSR count). The maximum atomic E-state index is 11.4. The third kappa shape index (κ3) is 2.63. The molecule has 0 spiro atoms. The van der Waals surface area contributed by atoms with E-state index < -0.39 is 18.0 Å². The van der Waals surface area contributed by atoms with Crippen molar-refractivity contribution in [1.29, 1.82) is 0 Å². The maximum Gasteiger partial charge on any atom is 0.309 e. The van der Waals surface area contributed by atoms with E-state index in [9.17, 15) is 9.90 Å². The summed E-state index contributed by atoms with van der Waals surface area (Å²) in [7, 11) is 1.93. The van der Waals surface area contributed by atoms with Crippen LogP contribution in [0.5, 0.6) is 0 Å². The smallest absolute Gasteiger partial charge is 0.309 e. The number of hydrogen-bond donors (Lipinski definition) is 1. The Hall–Kier alpha value is -2.21. The van der Waals surface area contributed by atoms with Crippen molar-refractivity contribution in [3.05, 3.63) is 35.8 Å². The molecule has 0 bridgehead atoms. The molecule has 6 heteroatoms. The van der Waals surface area contributed by atoms with Crippen LogP contribution in [0.3, 0.4) is 0 Å². The van der Waals surface area contributed by atoms with Gasteiger partial charge in [-0.05, 0) is 31.4 Å². The zero-order valence-electron chi connectivity index (χ0n) is 13.0. The Bertz CT molecular complexity index is 751. The van der Waals surface area contributed by atoms with E-state index in [1.807, 2.05) is 17.8 Å². The summed E-state index contributed by atoms with van der Waals surface area (Å²) in [4.78, 5) is 15.7. The monoisotopic (exact) mass is 313 g/mol. The van der Waals surface area contributed by atoms with Gasteiger partial charge in [-0.15, -0.1) is 0 Å². The van der Waals surface area contributed by atoms with Gasteiger partial charge in [0.05, 0.1) is 23.4 Å². The van der Waals surface area contributed by atoms with Crippen LogP contribution in [0.1, 0.15) is 42.5 Å². The average Bonchev–Trinajstić information content (AvgIpc) is 3.13. The first kappa shape index (κ1) is 14.4. The van der Waals surface area contributed by atoms with Gasteiger partial charge < -0.3 is 9.84 Å². The predicted octanol–water partition coefficient (Wildman–Crippen LogP) is 2.52. The van der Waals surface area contributed by atoms with E-state index in [-0.39, 0.29) is 0 Å². The van der Waals surface area contributed by atoms with Gasteiger partial charge >= 0.3 is 5.97 Å². The largest absolute Gasteiger partial charge is 0.481 e. The lowest BCUT2D eigenvalue weighted by Gasteiger charge is -2.15. The number of rotatable bonds is 4. The summed E-state index contributed by atoms with van der Waals surface area (Å²) in [6.07, 6.45) is 6.05. The molecular weight excluding hydrogens is 294 g/mol. The van der Waals surface area contributed by atoms with Crippen LogP contribution >= 0.6 is 0 Å². The van der Waals surface area contributed by atoms with Crippen molar-refractivity contribution in [2.45, 2.75) is 31.3 Å². The second-order valence-corrected chi connectivity index (χ2v) is 6.38. The highest BCUT2D eigenvalue weighted by molar-refractivity contribution is 5.71. The summed E-state index contributed by atoms with van der Waals surface area (Å²) in [5.74, 6) is -0.712. The second kappa shape index (κ2) is 5.45. The number of pyridine rings is 1. The highest BCUT2D eigenvalue weighted by Gasteiger charge is 2.35. The Morgan fingerprint density at radius 1 is 1.30 bits per heavy atom. The lowest BCUT2D eigenvalue weighted by atomic mass is 9.95. The topological polar surface area (TPSA) is 77.2 Å². The average molecular weight is 313 g/mol. The number of ether oxygens (including phenoxy) is 1. The van der Waals surface area contributed by atoms with Gasteiger partial charge in [0.2, 0.25) is 0 Å². The van der Waals surface area contributed by atoms with Gasteiger partial charge in [-0.25, -0.2) is 0 Å². The molecule has 23 heavy (non-hydrogen) atoms. The number of aliphatic carboxylic acids is 1. The lowest BCUT2D eigenvalue weighted by molar-refractivity contribution is -0.143. The van der Waals surface area contributed by atoms with Crippen LogP contribution in [-0.2, 0) is 16.6 Å². The first-order chi connectivity index (χ1) is 11.1. The molecule has 2 fully saturated rings. The van der Waals surface area contributed by atoms with Crippen molar-refractivity contribution in [1.82, 2.24) is 14.8 Å². The Kier molecular flexibility index (Phi) is 3.41. The van der Waals surface area contributed by atoms with Gasteiger partial charge in [-0.1, -0.05) is 0 Å². The fraction of sp³-hybridized carbons (Fsp3) is 0.471. The quantitative estimate of drug-likeness (QED) is 0.938. The van der Waals surface area contributed by atoms with Gasteiger partial charge in [0.25, 0.3) is 0 Å². The molecule has 3 heterocycles. The van der Waals surface area contributed by atoms with Crippen LogP contribution < -0.4 is 0 Å². The summed E-state index contributed by atoms with van der Waals surface area (Å²) in [6, 6.07) is 4.09. The van der Waals surface area contributed by atoms with E-state index in [2.05, 4.69) is 16.1 Å². The molecule has 6 nitrogen and oxygen atoms in total. The summed E-state index contributed by atoms with van der Waals surface area (Å²) in [6.45, 7) is 0.476. The highest BCUT2D eigenvalue weighted by atomic mass is 16.5. The van der Waals surface area contributed by atoms with Gasteiger partial charge in [0, 0.05) is 43.1 Å². The van der Waals surface area contributed by atoms with Crippen LogP contribution in [0.25, 0.3) is 11.3 Å². The van der Waals surface area contributed by atoms with E-state index in [0.717, 1.165) is 22.5 Å². The Morgan fingerprint density at radius 2 is 2.13 bits per heavy atom. The fourth-order valence-corrected chi connectivity index (χ4v) is 3.26. The van der Waals surface area contributed by atoms with E-state index in [1.165, 1.54) is 12.8 Å². The van der Waals surface area contributed by atoms with Crippen LogP contribution in [-0.4, -0.2) is 32.4 Å². The molecule has 2 aromatic rings. The zero-order valence-corrected chi connectivity index (χ0v) is 13.0. The fourth-order valence-electron chi connectivity index (χ4n) is 3.26. The molecule has 1 saturated carbocycles. The number of aryl methyl sites for hydroxylation is 1. The number of nitrogens with zero attached hydrogens (tertiary/aromatic N) is 3. The number of carboxylic acids is 1. The molecule has 1 aliphatic carbocycles. The standard InChI is InChI=1S/C17H19N3O3/c1-20-15(7-14(19-20)10-2-3-10)11-6-12(9-18-8-11)16-13(17(21)22)4-5-23-16/h6-10,13,16H,2-5H2,1H3,(H,21,22)/t13-,16+/m1/s1. The first-order valence-electron chi connectivity index (χ1n) is 7.97. The Morgan fingerprint density at radius 3 is 2.87 bits per heavy atom. The summed E-state index contributed by atoms with van der Waals surface area (Å²) in [5.41, 5.74) is 3.91. The molecule has 2 aromatic heterocycles. The molecule has 2 aliphatic rings. The number of carboxylic acid groups (broad SMARTS) is 1. The molecule has 0 unspecified atom stereocenters. The van der Waals surface area contributed by atoms with E-state index >= 15 is 0 Å². The summed E-state index contributed by atoms with van der Waals surface area (Å²) in [5, 5.41) is 13.9. The molecule has 120 valence electrons. The second-order valence-electron chi connectivity index (χ2n) is 6.38. The van der Waals surface area contributed by atoms with Crippen molar-refractivity contribution in [2.75, 3.05) is 6.61 Å². The van der Waals surface area contributed by atoms with Gasteiger partial charge in [-0.3, -0.25) is 14.5 Å². The SMILES string of the molecule is Cn1nc(C2CC2)cc1-c1cncc([C@@H]2OCC[C@H]2C(=O)O)c1. The molecule has 2 atom stereocenters. The molecule has 1 saturated heterocycles. The first-order valence-corrected chi connectivity index (χ1v) is 7.97. The van der Waals surface area contributed by atoms with Crippen LogP contribution in [0, 0.1) is 5.92 Å². The Labute approximate surface area is 134 Å². The molecule has 1 N–H and O–H groups in total. The maximum absolute atomic E-state index is 11.4. The van der Waals surface area contributed by atoms with Crippen molar-refractivity contribution in [3.63, 3.8) is 0 Å². The zero-order chi connectivity index (χ0) is 16.0. The molecule has 0 amide bonds. The molecular formula is C17H19N3O3. The molecule has 0 aromatic carbocycles. The van der Waals surface area contributed by atoms with E-state index in [1.54, 1.807) is 12.4 Å². The van der Waals surface area contributed by atoms with Crippen LogP contribution in [0.4, 0.5) is 0 Å². The normalized spacial score (nSPS) is 24.0. The van der Waals surface area contributed by atoms with Crippen molar-refractivity contribution < 1.29 is 14.6 Å². The van der Waals surface area contributed by atoms with Crippen LogP contribution in [0.2, 0.25) is 0 Å². The van der Waals surface area contributed by atoms with Crippen molar-refractivity contribution >= 4 is 5.97 Å². The Balaban J connectivity index is 1.67. The third-order valence-electron chi connectivity index (χ3n) is 4.69. The lowest BCUT2D eigenvalue weighted by Crippen LogP contribution is -2.17.